The molecule has 0 unspecified atom stereocenters. The van der Waals surface area contributed by atoms with Crippen molar-refractivity contribution in [2.24, 2.45) is 5.92 Å². The van der Waals surface area contributed by atoms with E-state index in [4.69, 9.17) is 9.47 Å². The van der Waals surface area contributed by atoms with Crippen LogP contribution in [0, 0.1) is 5.92 Å². The fraction of sp³-hybridized carbons (Fsp3) is 0.556. The highest BCUT2D eigenvalue weighted by Gasteiger charge is 2.33. The summed E-state index contributed by atoms with van der Waals surface area (Å²) < 4.78 is 12.0. The Morgan fingerprint density at radius 1 is 1.03 bits per heavy atom. The van der Waals surface area contributed by atoms with Crippen molar-refractivity contribution < 1.29 is 14.6 Å². The van der Waals surface area contributed by atoms with Gasteiger partial charge in [0.1, 0.15) is 0 Å². The van der Waals surface area contributed by atoms with Gasteiger partial charge >= 0.3 is 0 Å². The van der Waals surface area contributed by atoms with Gasteiger partial charge in [0, 0.05) is 12.5 Å². The van der Waals surface area contributed by atoms with Gasteiger partial charge in [-0.15, -0.1) is 0 Å². The SMILES string of the molecule is CC(C)=CCC/C(C)=C/CC/C(C)=C/[C@H]1O[C@@H](COCc2ccccc2)C[C@@H]1CO. The van der Waals surface area contributed by atoms with Gasteiger partial charge < -0.3 is 14.6 Å². The molecule has 1 fully saturated rings. The van der Waals surface area contributed by atoms with E-state index in [2.05, 4.69) is 58.1 Å². The lowest BCUT2D eigenvalue weighted by Gasteiger charge is -2.14. The zero-order chi connectivity index (χ0) is 21.8. The van der Waals surface area contributed by atoms with Crippen molar-refractivity contribution in [1.82, 2.24) is 0 Å². The van der Waals surface area contributed by atoms with Crippen LogP contribution in [-0.2, 0) is 16.1 Å². The molecule has 1 aromatic rings. The lowest BCUT2D eigenvalue weighted by Crippen LogP contribution is -2.18. The van der Waals surface area contributed by atoms with Crippen molar-refractivity contribution >= 4 is 0 Å². The number of ether oxygens (including phenoxy) is 2. The Balaban J connectivity index is 1.75. The molecule has 3 heteroatoms. The number of aliphatic hydroxyl groups excluding tert-OH is 1. The summed E-state index contributed by atoms with van der Waals surface area (Å²) in [6.07, 6.45) is 12.1. The van der Waals surface area contributed by atoms with Crippen molar-refractivity contribution in [2.75, 3.05) is 13.2 Å². The Bertz CT molecular complexity index is 698. The minimum absolute atomic E-state index is 0.0110. The van der Waals surface area contributed by atoms with Crippen LogP contribution in [0.25, 0.3) is 0 Å². The number of aliphatic hydroxyl groups is 1. The van der Waals surface area contributed by atoms with Crippen molar-refractivity contribution in [3.8, 4) is 0 Å². The molecule has 0 saturated carbocycles. The van der Waals surface area contributed by atoms with E-state index < -0.39 is 0 Å². The van der Waals surface area contributed by atoms with Gasteiger partial charge in [-0.1, -0.05) is 65.3 Å². The van der Waals surface area contributed by atoms with Crippen LogP contribution >= 0.6 is 0 Å². The van der Waals surface area contributed by atoms with Gasteiger partial charge in [0.25, 0.3) is 0 Å². The molecular weight excluding hydrogens is 372 g/mol. The van der Waals surface area contributed by atoms with Gasteiger partial charge in [0.05, 0.1) is 25.4 Å². The van der Waals surface area contributed by atoms with Gasteiger partial charge in [0.15, 0.2) is 0 Å². The Labute approximate surface area is 183 Å². The molecule has 0 radical (unpaired) electrons. The molecule has 1 aromatic carbocycles. The van der Waals surface area contributed by atoms with E-state index in [1.165, 1.54) is 22.3 Å². The molecule has 3 atom stereocenters. The smallest absolute Gasteiger partial charge is 0.0821 e. The Morgan fingerprint density at radius 2 is 1.73 bits per heavy atom. The molecule has 3 nitrogen and oxygen atoms in total. The van der Waals surface area contributed by atoms with Gasteiger partial charge in [0.2, 0.25) is 0 Å². The van der Waals surface area contributed by atoms with E-state index in [1.54, 1.807) is 0 Å². The molecule has 1 saturated heterocycles. The monoisotopic (exact) mass is 412 g/mol. The maximum absolute atomic E-state index is 9.78. The van der Waals surface area contributed by atoms with Crippen LogP contribution in [0.5, 0.6) is 0 Å². The average Bonchev–Trinajstić information content (AvgIpc) is 3.10. The minimum Gasteiger partial charge on any atom is -0.396 e. The topological polar surface area (TPSA) is 38.7 Å². The summed E-state index contributed by atoms with van der Waals surface area (Å²) >= 11 is 0. The number of hydrogen-bond donors (Lipinski definition) is 1. The third-order valence-electron chi connectivity index (χ3n) is 5.60. The summed E-state index contributed by atoms with van der Waals surface area (Å²) in [6.45, 7) is 10.0. The Morgan fingerprint density at radius 3 is 2.43 bits per heavy atom. The van der Waals surface area contributed by atoms with Gasteiger partial charge in [-0.2, -0.15) is 0 Å². The number of allylic oxidation sites excluding steroid dienone is 5. The highest BCUT2D eigenvalue weighted by molar-refractivity contribution is 5.13. The lowest BCUT2D eigenvalue weighted by atomic mass is 9.97. The first kappa shape index (κ1) is 24.6. The first-order valence-electron chi connectivity index (χ1n) is 11.3. The third-order valence-corrected chi connectivity index (χ3v) is 5.60. The number of benzene rings is 1. The average molecular weight is 413 g/mol. The van der Waals surface area contributed by atoms with Gasteiger partial charge in [-0.05, 0) is 65.4 Å². The van der Waals surface area contributed by atoms with Crippen molar-refractivity contribution in [3.63, 3.8) is 0 Å². The molecule has 1 aliphatic rings. The van der Waals surface area contributed by atoms with Crippen molar-refractivity contribution in [1.29, 1.82) is 0 Å². The van der Waals surface area contributed by atoms with Gasteiger partial charge in [-0.3, -0.25) is 0 Å². The van der Waals surface area contributed by atoms with Crippen LogP contribution in [-0.4, -0.2) is 30.5 Å². The molecule has 2 rings (SSSR count). The quantitative estimate of drug-likeness (QED) is 0.404. The predicted molar refractivity (Wildman–Crippen MR) is 125 cm³/mol. The lowest BCUT2D eigenvalue weighted by molar-refractivity contribution is -0.0106. The summed E-state index contributed by atoms with van der Waals surface area (Å²) in [5.74, 6) is 0.159. The van der Waals surface area contributed by atoms with E-state index in [9.17, 15) is 5.11 Å². The highest BCUT2D eigenvalue weighted by atomic mass is 16.5. The fourth-order valence-corrected chi connectivity index (χ4v) is 3.80. The van der Waals surface area contributed by atoms with E-state index in [0.29, 0.717) is 13.2 Å². The minimum atomic E-state index is -0.0110. The van der Waals surface area contributed by atoms with Crippen LogP contribution in [0.1, 0.15) is 65.4 Å². The summed E-state index contributed by atoms with van der Waals surface area (Å²) in [7, 11) is 0. The maximum Gasteiger partial charge on any atom is 0.0821 e. The molecule has 0 aliphatic carbocycles. The molecule has 166 valence electrons. The van der Waals surface area contributed by atoms with Crippen molar-refractivity contribution in [3.05, 3.63) is 70.8 Å². The molecule has 1 heterocycles. The zero-order valence-corrected chi connectivity index (χ0v) is 19.3. The van der Waals surface area contributed by atoms with Crippen LogP contribution in [0.2, 0.25) is 0 Å². The molecule has 30 heavy (non-hydrogen) atoms. The molecular formula is C27H40O3. The molecule has 1 N–H and O–H groups in total. The highest BCUT2D eigenvalue weighted by Crippen LogP contribution is 2.29. The van der Waals surface area contributed by atoms with E-state index in [-0.39, 0.29) is 24.7 Å². The summed E-state index contributed by atoms with van der Waals surface area (Å²) in [5, 5.41) is 9.78. The summed E-state index contributed by atoms with van der Waals surface area (Å²) in [5.41, 5.74) is 5.35. The van der Waals surface area contributed by atoms with Crippen LogP contribution < -0.4 is 0 Å². The molecule has 0 amide bonds. The molecule has 0 aromatic heterocycles. The van der Waals surface area contributed by atoms with Gasteiger partial charge in [-0.25, -0.2) is 0 Å². The number of rotatable bonds is 12. The van der Waals surface area contributed by atoms with Crippen LogP contribution in [0.15, 0.2) is 65.3 Å². The molecule has 0 spiro atoms. The normalized spacial score (nSPS) is 22.4. The summed E-state index contributed by atoms with van der Waals surface area (Å²) in [4.78, 5) is 0. The number of hydrogen-bond acceptors (Lipinski definition) is 3. The standard InChI is InChI=1S/C27H40O3/c1-21(2)10-8-11-22(3)12-9-13-23(4)16-27-25(18-28)17-26(30-27)20-29-19-24-14-6-5-7-15-24/h5-7,10,12,14-16,25-28H,8-9,11,13,17-20H2,1-4H3/b22-12+,23-16+/t25-,26-,27-/m1/s1. The third kappa shape index (κ3) is 9.42. The maximum atomic E-state index is 9.78. The fourth-order valence-electron chi connectivity index (χ4n) is 3.80. The second kappa shape index (κ2) is 13.6. The van der Waals surface area contributed by atoms with E-state index in [0.717, 1.165) is 32.1 Å². The molecule has 1 aliphatic heterocycles. The van der Waals surface area contributed by atoms with E-state index in [1.807, 2.05) is 18.2 Å². The first-order chi connectivity index (χ1) is 14.5. The summed E-state index contributed by atoms with van der Waals surface area (Å²) in [6, 6.07) is 10.2. The Hall–Kier alpha value is -1.68. The van der Waals surface area contributed by atoms with E-state index >= 15 is 0 Å². The van der Waals surface area contributed by atoms with Crippen LogP contribution in [0.4, 0.5) is 0 Å². The predicted octanol–water partition coefficient (Wildman–Crippen LogP) is 6.39. The Kier molecular flexibility index (Phi) is 11.1. The first-order valence-corrected chi connectivity index (χ1v) is 11.3. The van der Waals surface area contributed by atoms with Crippen molar-refractivity contribution in [2.45, 2.75) is 78.6 Å². The largest absolute Gasteiger partial charge is 0.396 e. The second-order valence-corrected chi connectivity index (χ2v) is 8.82. The van der Waals surface area contributed by atoms with Crippen LogP contribution in [0.3, 0.4) is 0 Å². The zero-order valence-electron chi connectivity index (χ0n) is 19.3. The molecule has 0 bridgehead atoms. The second-order valence-electron chi connectivity index (χ2n) is 8.82.